The van der Waals surface area contributed by atoms with E-state index < -0.39 is 5.41 Å². The molecule has 29 heavy (non-hydrogen) atoms. The molecule has 0 amide bonds. The number of aromatic nitrogens is 3. The minimum Gasteiger partial charge on any atom is -0.395 e. The maximum atomic E-state index is 10.1. The van der Waals surface area contributed by atoms with Gasteiger partial charge >= 0.3 is 0 Å². The van der Waals surface area contributed by atoms with Crippen molar-refractivity contribution < 1.29 is 5.11 Å². The first kappa shape index (κ1) is 19.6. The van der Waals surface area contributed by atoms with Gasteiger partial charge in [0.1, 0.15) is 10.0 Å². The Balaban J connectivity index is 1.75. The predicted octanol–water partition coefficient (Wildman–Crippen LogP) is 3.73. The first-order valence-electron chi connectivity index (χ1n) is 9.13. The van der Waals surface area contributed by atoms with Crippen LogP contribution in [-0.4, -0.2) is 33.2 Å². The highest BCUT2D eigenvalue weighted by atomic mass is 35.5. The van der Waals surface area contributed by atoms with Crippen LogP contribution in [0.4, 0.5) is 17.5 Å². The monoisotopic (exact) mass is 425 g/mol. The molecule has 1 aliphatic heterocycles. The number of aliphatic hydroxyl groups is 1. The molecule has 0 saturated heterocycles. The molecule has 1 unspecified atom stereocenters. The summed E-state index contributed by atoms with van der Waals surface area (Å²) in [5, 5.41) is 13.4. The number of hydrogen-bond acceptors (Lipinski definition) is 7. The van der Waals surface area contributed by atoms with Crippen molar-refractivity contribution in [1.29, 1.82) is 0 Å². The first-order chi connectivity index (χ1) is 13.9. The van der Waals surface area contributed by atoms with E-state index >= 15 is 0 Å². The van der Waals surface area contributed by atoms with Crippen molar-refractivity contribution in [1.82, 2.24) is 15.0 Å². The van der Waals surface area contributed by atoms with Gasteiger partial charge in [-0.2, -0.15) is 4.98 Å². The molecule has 3 heterocycles. The second kappa shape index (κ2) is 7.64. The summed E-state index contributed by atoms with van der Waals surface area (Å²) < 4.78 is 0. The van der Waals surface area contributed by atoms with Crippen molar-refractivity contribution in [2.45, 2.75) is 25.2 Å². The second-order valence-electron chi connectivity index (χ2n) is 7.30. The smallest absolute Gasteiger partial charge is 0.222 e. The topological polar surface area (TPSA) is 88.2 Å². The van der Waals surface area contributed by atoms with E-state index in [0.717, 1.165) is 21.8 Å². The van der Waals surface area contributed by atoms with Gasteiger partial charge in [-0.3, -0.25) is 0 Å². The molecule has 0 saturated carbocycles. The first-order valence-corrected chi connectivity index (χ1v) is 10.4. The van der Waals surface area contributed by atoms with Crippen LogP contribution in [0.2, 0.25) is 5.02 Å². The third-order valence-corrected chi connectivity index (χ3v) is 6.27. The van der Waals surface area contributed by atoms with E-state index in [0.29, 0.717) is 17.4 Å². The molecule has 0 spiro atoms. The van der Waals surface area contributed by atoms with Gasteiger partial charge in [0.2, 0.25) is 5.95 Å². The fraction of sp³-hybridized carbons (Fsp3) is 0.286. The van der Waals surface area contributed by atoms with E-state index in [9.17, 15) is 5.11 Å². The molecule has 0 fully saturated rings. The molecular weight excluding hydrogens is 406 g/mol. The Morgan fingerprint density at radius 1 is 1.41 bits per heavy atom. The van der Waals surface area contributed by atoms with Gasteiger partial charge < -0.3 is 15.7 Å². The van der Waals surface area contributed by atoms with Crippen molar-refractivity contribution >= 4 is 40.4 Å². The zero-order valence-electron chi connectivity index (χ0n) is 16.1. The molecule has 6 nitrogen and oxygen atoms in total. The predicted molar refractivity (Wildman–Crippen MR) is 117 cm³/mol. The average Bonchev–Trinajstić information content (AvgIpc) is 3.35. The average molecular weight is 426 g/mol. The summed E-state index contributed by atoms with van der Waals surface area (Å²) in [5.74, 6) is 7.23. The van der Waals surface area contributed by atoms with Gasteiger partial charge in [-0.15, -0.1) is 11.3 Å². The number of benzene rings is 1. The van der Waals surface area contributed by atoms with E-state index in [1.807, 2.05) is 42.3 Å². The minimum absolute atomic E-state index is 0.000785. The number of nitrogens with zero attached hydrogens (tertiary/aromatic N) is 4. The molecule has 2 atom stereocenters. The molecular formula is C21H20ClN5OS. The van der Waals surface area contributed by atoms with Crippen LogP contribution in [0.25, 0.3) is 0 Å². The largest absolute Gasteiger partial charge is 0.395 e. The van der Waals surface area contributed by atoms with Crippen LogP contribution in [0.15, 0.2) is 36.0 Å². The number of halogens is 1. The second-order valence-corrected chi connectivity index (χ2v) is 8.63. The lowest BCUT2D eigenvalue weighted by Gasteiger charge is -2.24. The molecule has 8 heteroatoms. The molecule has 0 bridgehead atoms. The highest BCUT2D eigenvalue weighted by molar-refractivity contribution is 7.09. The van der Waals surface area contributed by atoms with E-state index in [-0.39, 0.29) is 18.5 Å². The molecule has 3 N–H and O–H groups in total. The SMILES string of the molecule is CC(C#Cc1ccc2c(c1)N(c1nc(N)ncc1Cl)C[C@@]2(C)CO)c1nccs1. The molecule has 1 aliphatic rings. The fourth-order valence-electron chi connectivity index (χ4n) is 3.45. The highest BCUT2D eigenvalue weighted by Gasteiger charge is 2.40. The molecule has 1 aromatic carbocycles. The number of aliphatic hydroxyl groups excluding tert-OH is 1. The highest BCUT2D eigenvalue weighted by Crippen LogP contribution is 2.45. The van der Waals surface area contributed by atoms with Gasteiger partial charge in [-0.05, 0) is 24.6 Å². The van der Waals surface area contributed by atoms with Crippen LogP contribution in [-0.2, 0) is 5.41 Å². The van der Waals surface area contributed by atoms with E-state index in [2.05, 4.69) is 26.8 Å². The lowest BCUT2D eigenvalue weighted by Crippen LogP contribution is -2.32. The lowest BCUT2D eigenvalue weighted by molar-refractivity contribution is 0.216. The Bertz CT molecular complexity index is 1110. The molecule has 0 radical (unpaired) electrons. The van der Waals surface area contributed by atoms with Gasteiger partial charge in [0, 0.05) is 34.8 Å². The number of fused-ring (bicyclic) bond motifs is 1. The molecule has 3 aromatic rings. The van der Waals surface area contributed by atoms with E-state index in [1.54, 1.807) is 17.5 Å². The zero-order chi connectivity index (χ0) is 20.6. The third-order valence-electron chi connectivity index (χ3n) is 5.05. The van der Waals surface area contributed by atoms with Crippen LogP contribution in [0.3, 0.4) is 0 Å². The zero-order valence-corrected chi connectivity index (χ0v) is 17.6. The summed E-state index contributed by atoms with van der Waals surface area (Å²) in [4.78, 5) is 14.6. The standard InChI is InChI=1S/C21H20ClN5OS/c1-13(19-24-7-8-29-19)3-4-14-5-6-15-17(9-14)27(11-21(15,2)12-28)18-16(22)10-25-20(23)26-18/h5-10,13,28H,11-12H2,1-2H3,(H2,23,25,26)/t13?,21-/m0/s1. The van der Waals surface area contributed by atoms with Crippen molar-refractivity contribution in [3.05, 3.63) is 57.1 Å². The molecule has 148 valence electrons. The Morgan fingerprint density at radius 2 is 2.24 bits per heavy atom. The van der Waals surface area contributed by atoms with Gasteiger partial charge in [0.25, 0.3) is 0 Å². The number of rotatable bonds is 3. The number of thiazole rings is 1. The fourth-order valence-corrected chi connectivity index (χ4v) is 4.29. The number of nitrogen functional groups attached to an aromatic ring is 1. The van der Waals surface area contributed by atoms with Crippen molar-refractivity contribution in [3.8, 4) is 11.8 Å². The van der Waals surface area contributed by atoms with Gasteiger partial charge in [-0.1, -0.05) is 36.4 Å². The summed E-state index contributed by atoms with van der Waals surface area (Å²) >= 11 is 7.96. The lowest BCUT2D eigenvalue weighted by atomic mass is 9.85. The van der Waals surface area contributed by atoms with Crippen molar-refractivity contribution in [2.24, 2.45) is 0 Å². The number of hydrogen-bond donors (Lipinski definition) is 2. The van der Waals surface area contributed by atoms with Crippen LogP contribution in [0.5, 0.6) is 0 Å². The van der Waals surface area contributed by atoms with Crippen LogP contribution in [0, 0.1) is 11.8 Å². The van der Waals surface area contributed by atoms with Crippen LogP contribution >= 0.6 is 22.9 Å². The Kier molecular flexibility index (Phi) is 5.17. The summed E-state index contributed by atoms with van der Waals surface area (Å²) in [6.45, 7) is 4.58. The number of anilines is 3. The maximum absolute atomic E-state index is 10.1. The summed E-state index contributed by atoms with van der Waals surface area (Å²) in [5.41, 5.74) is 8.15. The molecule has 2 aromatic heterocycles. The molecule has 4 rings (SSSR count). The van der Waals surface area contributed by atoms with E-state index in [1.165, 1.54) is 6.20 Å². The Labute approximate surface area is 178 Å². The number of nitrogens with two attached hydrogens (primary N) is 1. The van der Waals surface area contributed by atoms with Crippen molar-refractivity contribution in [3.63, 3.8) is 0 Å². The minimum atomic E-state index is -0.446. The summed E-state index contributed by atoms with van der Waals surface area (Å²) in [6, 6.07) is 6.00. The maximum Gasteiger partial charge on any atom is 0.222 e. The summed E-state index contributed by atoms with van der Waals surface area (Å²) in [7, 11) is 0. The third kappa shape index (κ3) is 3.67. The van der Waals surface area contributed by atoms with E-state index in [4.69, 9.17) is 17.3 Å². The van der Waals surface area contributed by atoms with Gasteiger partial charge in [0.15, 0.2) is 5.82 Å². The Hall–Kier alpha value is -2.66. The quantitative estimate of drug-likeness (QED) is 0.621. The molecule has 0 aliphatic carbocycles. The Morgan fingerprint density at radius 3 is 2.97 bits per heavy atom. The van der Waals surface area contributed by atoms with Crippen LogP contribution in [0.1, 0.15) is 35.9 Å². The van der Waals surface area contributed by atoms with Crippen molar-refractivity contribution in [2.75, 3.05) is 23.8 Å². The van der Waals surface area contributed by atoms with Gasteiger partial charge in [-0.25, -0.2) is 9.97 Å². The normalized spacial score (nSPS) is 18.8. The summed E-state index contributed by atoms with van der Waals surface area (Å²) in [6.07, 6.45) is 3.28. The van der Waals surface area contributed by atoms with Gasteiger partial charge in [0.05, 0.1) is 18.7 Å². The van der Waals surface area contributed by atoms with Crippen LogP contribution < -0.4 is 10.6 Å².